The molecule has 2 aromatic carbocycles. The normalized spacial score (nSPS) is 20.1. The quantitative estimate of drug-likeness (QED) is 0.655. The number of hydrogen-bond acceptors (Lipinski definition) is 4. The number of carbonyl (C=O) groups is 2. The molecule has 1 atom stereocenters. The Bertz CT molecular complexity index is 1220. The van der Waals surface area contributed by atoms with Gasteiger partial charge < -0.3 is 15.0 Å². The van der Waals surface area contributed by atoms with Crippen molar-refractivity contribution in [1.82, 2.24) is 15.2 Å². The first-order valence-electron chi connectivity index (χ1n) is 10.8. The molecule has 170 valence electrons. The summed E-state index contributed by atoms with van der Waals surface area (Å²) in [7, 11) is 0. The summed E-state index contributed by atoms with van der Waals surface area (Å²) in [4.78, 5) is 32.3. The molecule has 0 saturated carbocycles. The van der Waals surface area contributed by atoms with Gasteiger partial charge in [-0.05, 0) is 30.3 Å². The summed E-state index contributed by atoms with van der Waals surface area (Å²) in [6, 6.07) is 17.1. The Balaban J connectivity index is 1.34. The van der Waals surface area contributed by atoms with Gasteiger partial charge in [0, 0.05) is 48.8 Å². The fourth-order valence-corrected chi connectivity index (χ4v) is 4.14. The van der Waals surface area contributed by atoms with E-state index in [9.17, 15) is 18.4 Å². The molecule has 0 spiro atoms. The summed E-state index contributed by atoms with van der Waals surface area (Å²) in [6.45, 7) is 0.668. The van der Waals surface area contributed by atoms with Gasteiger partial charge in [-0.2, -0.15) is 0 Å². The Hall–Kier alpha value is -3.75. The number of nitrogens with zero attached hydrogens (tertiary/aromatic N) is 3. The first kappa shape index (κ1) is 21.1. The third-order valence-corrected chi connectivity index (χ3v) is 5.96. The van der Waals surface area contributed by atoms with Crippen LogP contribution in [0.5, 0.6) is 5.88 Å². The number of alkyl halides is 2. The smallest absolute Gasteiger partial charge is 0.321 e. The summed E-state index contributed by atoms with van der Waals surface area (Å²) in [5.41, 5.74) is 1.57. The van der Waals surface area contributed by atoms with Crippen LogP contribution in [-0.2, 0) is 0 Å². The fourth-order valence-electron chi connectivity index (χ4n) is 4.14. The van der Waals surface area contributed by atoms with Gasteiger partial charge in [0.25, 0.3) is 11.8 Å². The number of likely N-dealkylation sites (tertiary alicyclic amines) is 1. The van der Waals surface area contributed by atoms with E-state index in [2.05, 4.69) is 10.3 Å². The van der Waals surface area contributed by atoms with Crippen LogP contribution in [0.4, 0.5) is 19.3 Å². The molecule has 2 aliphatic rings. The van der Waals surface area contributed by atoms with Gasteiger partial charge in [0.2, 0.25) is 5.88 Å². The molecule has 33 heavy (non-hydrogen) atoms. The predicted molar refractivity (Wildman–Crippen MR) is 119 cm³/mol. The largest absolute Gasteiger partial charge is 0.466 e. The second-order valence-corrected chi connectivity index (χ2v) is 8.14. The van der Waals surface area contributed by atoms with E-state index < -0.39 is 18.4 Å². The Morgan fingerprint density at radius 3 is 2.76 bits per heavy atom. The van der Waals surface area contributed by atoms with Gasteiger partial charge in [0.1, 0.15) is 0 Å². The summed E-state index contributed by atoms with van der Waals surface area (Å²) in [5, 5.41) is 3.59. The van der Waals surface area contributed by atoms with Crippen molar-refractivity contribution >= 4 is 28.5 Å². The van der Waals surface area contributed by atoms with Crippen LogP contribution in [0.15, 0.2) is 60.7 Å². The summed E-state index contributed by atoms with van der Waals surface area (Å²) >= 11 is 0. The van der Waals surface area contributed by atoms with E-state index in [0.717, 1.165) is 5.39 Å². The highest BCUT2D eigenvalue weighted by atomic mass is 19.3. The number of anilines is 1. The van der Waals surface area contributed by atoms with Crippen molar-refractivity contribution < 1.29 is 23.1 Å². The second-order valence-electron chi connectivity index (χ2n) is 8.14. The lowest BCUT2D eigenvalue weighted by Gasteiger charge is -2.38. The number of rotatable bonds is 4. The topological polar surface area (TPSA) is 74.8 Å². The average Bonchev–Trinajstić information content (AvgIpc) is 3.26. The maximum atomic E-state index is 14.7. The highest BCUT2D eigenvalue weighted by Gasteiger charge is 2.47. The van der Waals surface area contributed by atoms with E-state index in [-0.39, 0.29) is 30.9 Å². The number of fused-ring (bicyclic) bond motifs is 1. The number of halogens is 2. The third kappa shape index (κ3) is 4.18. The Morgan fingerprint density at radius 2 is 1.94 bits per heavy atom. The lowest BCUT2D eigenvalue weighted by molar-refractivity contribution is -0.131. The molecule has 2 aliphatic heterocycles. The van der Waals surface area contributed by atoms with Gasteiger partial charge in [-0.3, -0.25) is 9.69 Å². The molecule has 0 aliphatic carbocycles. The zero-order chi connectivity index (χ0) is 23.0. The Morgan fingerprint density at radius 1 is 1.09 bits per heavy atom. The van der Waals surface area contributed by atoms with E-state index in [1.807, 2.05) is 18.2 Å². The van der Waals surface area contributed by atoms with Crippen LogP contribution in [0.3, 0.4) is 0 Å². The molecule has 2 saturated heterocycles. The molecule has 0 bridgehead atoms. The molecule has 3 heterocycles. The summed E-state index contributed by atoms with van der Waals surface area (Å²) in [6.07, 6.45) is -2.03. The minimum absolute atomic E-state index is 0.0920. The van der Waals surface area contributed by atoms with Crippen LogP contribution >= 0.6 is 0 Å². The number of nitrogens with one attached hydrogen (secondary N) is 1. The van der Waals surface area contributed by atoms with Gasteiger partial charge in [-0.25, -0.2) is 18.6 Å². The first-order valence-corrected chi connectivity index (χ1v) is 10.8. The minimum atomic E-state index is -3.10. The van der Waals surface area contributed by atoms with Crippen molar-refractivity contribution in [3.8, 4) is 5.88 Å². The average molecular weight is 452 g/mol. The number of para-hydroxylation sites is 1. The molecular formula is C24H22F2N4O3. The molecule has 7 nitrogen and oxygen atoms in total. The van der Waals surface area contributed by atoms with Crippen molar-refractivity contribution in [2.75, 3.05) is 31.1 Å². The number of pyridine rings is 1. The van der Waals surface area contributed by atoms with Gasteiger partial charge >= 0.3 is 6.03 Å². The minimum Gasteiger partial charge on any atom is -0.466 e. The number of piperidine rings is 1. The number of aromatic nitrogens is 1. The SMILES string of the molecule is O=C(c1cccc(N2CCNC2=O)c1)N1CCC(F)(F)[C@@H](Oc2ccc3ccccc3n2)C1. The van der Waals surface area contributed by atoms with Gasteiger partial charge in [0.15, 0.2) is 6.10 Å². The number of amides is 3. The highest BCUT2D eigenvalue weighted by molar-refractivity contribution is 5.98. The highest BCUT2D eigenvalue weighted by Crippen LogP contribution is 2.32. The molecule has 3 amide bonds. The van der Waals surface area contributed by atoms with Gasteiger partial charge in [-0.1, -0.05) is 24.3 Å². The maximum absolute atomic E-state index is 14.7. The van der Waals surface area contributed by atoms with Crippen molar-refractivity contribution in [1.29, 1.82) is 0 Å². The van der Waals surface area contributed by atoms with E-state index in [1.54, 1.807) is 47.4 Å². The molecule has 0 unspecified atom stereocenters. The van der Waals surface area contributed by atoms with Crippen LogP contribution in [0.25, 0.3) is 10.9 Å². The van der Waals surface area contributed by atoms with Crippen LogP contribution in [-0.4, -0.2) is 60.0 Å². The van der Waals surface area contributed by atoms with E-state index in [0.29, 0.717) is 29.9 Å². The van der Waals surface area contributed by atoms with Crippen molar-refractivity contribution in [3.63, 3.8) is 0 Å². The first-order chi connectivity index (χ1) is 15.9. The number of urea groups is 1. The molecule has 0 radical (unpaired) electrons. The van der Waals surface area contributed by atoms with Crippen LogP contribution in [0, 0.1) is 0 Å². The summed E-state index contributed by atoms with van der Waals surface area (Å²) in [5.74, 6) is -3.39. The molecule has 5 rings (SSSR count). The van der Waals surface area contributed by atoms with Crippen molar-refractivity contribution in [2.45, 2.75) is 18.4 Å². The zero-order valence-corrected chi connectivity index (χ0v) is 17.7. The van der Waals surface area contributed by atoms with Crippen LogP contribution in [0.1, 0.15) is 16.8 Å². The second kappa shape index (κ2) is 8.31. The van der Waals surface area contributed by atoms with Gasteiger partial charge in [0.05, 0.1) is 12.1 Å². The Labute approximate surface area is 188 Å². The third-order valence-electron chi connectivity index (χ3n) is 5.96. The number of benzene rings is 2. The molecule has 9 heteroatoms. The lowest BCUT2D eigenvalue weighted by atomic mass is 10.0. The monoisotopic (exact) mass is 452 g/mol. The fraction of sp³-hybridized carbons (Fsp3) is 0.292. The van der Waals surface area contributed by atoms with E-state index in [4.69, 9.17) is 4.74 Å². The van der Waals surface area contributed by atoms with E-state index in [1.165, 1.54) is 4.90 Å². The van der Waals surface area contributed by atoms with Crippen molar-refractivity contribution in [2.24, 2.45) is 0 Å². The molecule has 3 aromatic rings. The molecule has 1 aromatic heterocycles. The van der Waals surface area contributed by atoms with Crippen molar-refractivity contribution in [3.05, 3.63) is 66.2 Å². The lowest BCUT2D eigenvalue weighted by Crippen LogP contribution is -2.55. The maximum Gasteiger partial charge on any atom is 0.321 e. The molecular weight excluding hydrogens is 430 g/mol. The molecule has 2 fully saturated rings. The summed E-state index contributed by atoms with van der Waals surface area (Å²) < 4.78 is 35.0. The molecule has 1 N–H and O–H groups in total. The van der Waals surface area contributed by atoms with Gasteiger partial charge in [-0.15, -0.1) is 0 Å². The number of carbonyl (C=O) groups excluding carboxylic acids is 2. The number of ether oxygens (including phenoxy) is 1. The predicted octanol–water partition coefficient (Wildman–Crippen LogP) is 3.69. The standard InChI is InChI=1S/C24H22F2N4O3/c25-24(26)10-12-29(15-20(24)33-21-9-8-16-4-1-2-7-19(16)28-21)22(31)17-5-3-6-18(14-17)30-13-11-27-23(30)32/h1-9,14,20H,10-13,15H2,(H,27,32)/t20-/m0/s1. The number of hydrogen-bond donors (Lipinski definition) is 1. The van der Waals surface area contributed by atoms with Crippen LogP contribution < -0.4 is 15.0 Å². The van der Waals surface area contributed by atoms with E-state index >= 15 is 0 Å². The Kier molecular flexibility index (Phi) is 5.32. The zero-order valence-electron chi connectivity index (χ0n) is 17.7. The van der Waals surface area contributed by atoms with Crippen LogP contribution in [0.2, 0.25) is 0 Å².